The van der Waals surface area contributed by atoms with Gasteiger partial charge in [-0.25, -0.2) is 0 Å². The highest BCUT2D eigenvalue weighted by molar-refractivity contribution is 14.0. The number of piperidine rings is 1. The van der Waals surface area contributed by atoms with Gasteiger partial charge in [-0.15, -0.1) is 24.0 Å². The van der Waals surface area contributed by atoms with Crippen molar-refractivity contribution in [2.75, 3.05) is 51.3 Å². The third kappa shape index (κ3) is 7.29. The lowest BCUT2D eigenvalue weighted by Gasteiger charge is -2.29. The van der Waals surface area contributed by atoms with Crippen molar-refractivity contribution >= 4 is 35.6 Å². The minimum atomic E-state index is -0.112. The highest BCUT2D eigenvalue weighted by Crippen LogP contribution is 2.32. The molecule has 0 radical (unpaired) electrons. The highest BCUT2D eigenvalue weighted by atomic mass is 127. The molecule has 0 atom stereocenters. The van der Waals surface area contributed by atoms with Gasteiger partial charge in [0.05, 0.1) is 19.3 Å². The molecule has 1 aromatic rings. The lowest BCUT2D eigenvalue weighted by molar-refractivity contribution is 0.0824. The van der Waals surface area contributed by atoms with E-state index in [9.17, 15) is 5.11 Å². The number of ether oxygens (including phenoxy) is 2. The first kappa shape index (κ1) is 23.0. The number of hydrogen-bond acceptors (Lipinski definition) is 5. The molecule has 2 heterocycles. The molecule has 7 nitrogen and oxygen atoms in total. The van der Waals surface area contributed by atoms with Crippen LogP contribution in [0.4, 0.5) is 5.69 Å². The largest absolute Gasteiger partial charge is 0.490 e. The molecule has 28 heavy (non-hydrogen) atoms. The Hall–Kier alpha value is -1.26. The highest BCUT2D eigenvalue weighted by Gasteiger charge is 2.16. The van der Waals surface area contributed by atoms with Crippen LogP contribution in [0.3, 0.4) is 0 Å². The number of benzene rings is 1. The molecule has 0 unspecified atom stereocenters. The molecule has 158 valence electrons. The molecule has 0 bridgehead atoms. The number of aliphatic hydroxyl groups is 1. The SMILES string of the molecule is CCNC(=NCCCN1CCC(O)CC1)Nc1ccc2c(c1)OCCCO2.I. The van der Waals surface area contributed by atoms with Crippen LogP contribution in [-0.4, -0.2) is 68.0 Å². The summed E-state index contributed by atoms with van der Waals surface area (Å²) >= 11 is 0. The Kier molecular flexibility index (Phi) is 10.1. The fourth-order valence-corrected chi connectivity index (χ4v) is 3.31. The number of aliphatic hydroxyl groups excluding tert-OH is 1. The number of hydrogen-bond donors (Lipinski definition) is 3. The number of halogens is 1. The number of likely N-dealkylation sites (tertiary alicyclic amines) is 1. The summed E-state index contributed by atoms with van der Waals surface area (Å²) in [6.45, 7) is 8.00. The first-order chi connectivity index (χ1) is 13.2. The van der Waals surface area contributed by atoms with Gasteiger partial charge in [-0.2, -0.15) is 0 Å². The van der Waals surface area contributed by atoms with E-state index in [1.165, 1.54) is 0 Å². The lowest BCUT2D eigenvalue weighted by atomic mass is 10.1. The molecule has 1 fully saturated rings. The predicted molar refractivity (Wildman–Crippen MR) is 123 cm³/mol. The van der Waals surface area contributed by atoms with E-state index in [-0.39, 0.29) is 30.1 Å². The van der Waals surface area contributed by atoms with Gasteiger partial charge in [0.1, 0.15) is 0 Å². The van der Waals surface area contributed by atoms with Crippen LogP contribution in [0.2, 0.25) is 0 Å². The Bertz CT molecular complexity index is 621. The Morgan fingerprint density at radius 2 is 1.96 bits per heavy atom. The lowest BCUT2D eigenvalue weighted by Crippen LogP contribution is -2.36. The summed E-state index contributed by atoms with van der Waals surface area (Å²) < 4.78 is 11.4. The Morgan fingerprint density at radius 3 is 2.71 bits per heavy atom. The zero-order valence-electron chi connectivity index (χ0n) is 16.7. The number of aliphatic imine (C=N–C) groups is 1. The van der Waals surface area contributed by atoms with Gasteiger partial charge in [0, 0.05) is 44.4 Å². The molecule has 0 saturated carbocycles. The molecule has 0 spiro atoms. The van der Waals surface area contributed by atoms with Gasteiger partial charge < -0.3 is 30.1 Å². The second-order valence-corrected chi connectivity index (χ2v) is 7.02. The number of rotatable bonds is 6. The molecule has 1 saturated heterocycles. The van der Waals surface area contributed by atoms with Gasteiger partial charge >= 0.3 is 0 Å². The molecular formula is C20H33IN4O3. The van der Waals surface area contributed by atoms with Gasteiger partial charge in [0.25, 0.3) is 0 Å². The molecule has 2 aliphatic rings. The third-order valence-corrected chi connectivity index (χ3v) is 4.81. The van der Waals surface area contributed by atoms with Crippen LogP contribution in [0.5, 0.6) is 11.5 Å². The van der Waals surface area contributed by atoms with E-state index >= 15 is 0 Å². The maximum Gasteiger partial charge on any atom is 0.195 e. The second kappa shape index (κ2) is 12.3. The molecule has 3 N–H and O–H groups in total. The minimum Gasteiger partial charge on any atom is -0.490 e. The summed E-state index contributed by atoms with van der Waals surface area (Å²) in [7, 11) is 0. The van der Waals surface area contributed by atoms with E-state index in [1.807, 2.05) is 18.2 Å². The van der Waals surface area contributed by atoms with E-state index in [0.717, 1.165) is 81.6 Å². The van der Waals surface area contributed by atoms with E-state index < -0.39 is 0 Å². The maximum absolute atomic E-state index is 9.58. The molecule has 3 rings (SSSR count). The van der Waals surface area contributed by atoms with Crippen molar-refractivity contribution in [3.05, 3.63) is 18.2 Å². The Labute approximate surface area is 184 Å². The first-order valence-corrected chi connectivity index (χ1v) is 10.1. The average Bonchev–Trinajstić information content (AvgIpc) is 2.92. The summed E-state index contributed by atoms with van der Waals surface area (Å²) in [6.07, 6.45) is 3.57. The number of nitrogens with zero attached hydrogens (tertiary/aromatic N) is 2. The molecule has 0 aliphatic carbocycles. The molecule has 2 aliphatic heterocycles. The normalized spacial score (nSPS) is 18.1. The van der Waals surface area contributed by atoms with Crippen molar-refractivity contribution in [3.63, 3.8) is 0 Å². The number of anilines is 1. The van der Waals surface area contributed by atoms with Crippen LogP contribution in [0, 0.1) is 0 Å². The summed E-state index contributed by atoms with van der Waals surface area (Å²) in [5, 5.41) is 16.2. The van der Waals surface area contributed by atoms with Gasteiger partial charge in [0.2, 0.25) is 0 Å². The monoisotopic (exact) mass is 504 g/mol. The van der Waals surface area contributed by atoms with E-state index in [2.05, 4.69) is 27.4 Å². The number of nitrogens with one attached hydrogen (secondary N) is 2. The molecule has 0 amide bonds. The van der Waals surface area contributed by atoms with Crippen LogP contribution >= 0.6 is 24.0 Å². The molecule has 0 aromatic heterocycles. The van der Waals surface area contributed by atoms with Crippen LogP contribution < -0.4 is 20.1 Å². The fraction of sp³-hybridized carbons (Fsp3) is 0.650. The Balaban J connectivity index is 0.00000280. The maximum atomic E-state index is 9.58. The van der Waals surface area contributed by atoms with Gasteiger partial charge in [-0.3, -0.25) is 4.99 Å². The first-order valence-electron chi connectivity index (χ1n) is 10.1. The zero-order chi connectivity index (χ0) is 18.9. The van der Waals surface area contributed by atoms with E-state index in [0.29, 0.717) is 13.2 Å². The molecule has 1 aromatic carbocycles. The van der Waals surface area contributed by atoms with Gasteiger partial charge in [0.15, 0.2) is 17.5 Å². The number of guanidine groups is 1. The Morgan fingerprint density at radius 1 is 1.21 bits per heavy atom. The van der Waals surface area contributed by atoms with Crippen molar-refractivity contribution in [2.24, 2.45) is 4.99 Å². The standard InChI is InChI=1S/C20H32N4O3.HI/c1-2-21-20(22-9-3-10-24-11-7-17(25)8-12-24)23-16-5-6-18-19(15-16)27-14-4-13-26-18;/h5-6,15,17,25H,2-4,7-14H2,1H3,(H2,21,22,23);1H. The van der Waals surface area contributed by atoms with E-state index in [4.69, 9.17) is 9.47 Å². The van der Waals surface area contributed by atoms with Crippen LogP contribution in [0.15, 0.2) is 23.2 Å². The summed E-state index contributed by atoms with van der Waals surface area (Å²) in [6, 6.07) is 5.89. The third-order valence-electron chi connectivity index (χ3n) is 4.81. The van der Waals surface area contributed by atoms with Gasteiger partial charge in [-0.1, -0.05) is 0 Å². The van der Waals surface area contributed by atoms with Crippen LogP contribution in [-0.2, 0) is 0 Å². The topological polar surface area (TPSA) is 78.4 Å². The summed E-state index contributed by atoms with van der Waals surface area (Å²) in [5.41, 5.74) is 0.934. The average molecular weight is 504 g/mol. The minimum absolute atomic E-state index is 0. The van der Waals surface area contributed by atoms with Crippen molar-refractivity contribution in [1.82, 2.24) is 10.2 Å². The second-order valence-electron chi connectivity index (χ2n) is 7.02. The van der Waals surface area contributed by atoms with Crippen molar-refractivity contribution in [2.45, 2.75) is 38.7 Å². The van der Waals surface area contributed by atoms with Crippen molar-refractivity contribution < 1.29 is 14.6 Å². The van der Waals surface area contributed by atoms with Crippen molar-refractivity contribution in [3.8, 4) is 11.5 Å². The molecule has 8 heteroatoms. The van der Waals surface area contributed by atoms with Crippen LogP contribution in [0.1, 0.15) is 32.6 Å². The predicted octanol–water partition coefficient (Wildman–Crippen LogP) is 2.69. The summed E-state index contributed by atoms with van der Waals surface area (Å²) in [5.74, 6) is 2.35. The zero-order valence-corrected chi connectivity index (χ0v) is 19.0. The summed E-state index contributed by atoms with van der Waals surface area (Å²) in [4.78, 5) is 7.09. The van der Waals surface area contributed by atoms with E-state index in [1.54, 1.807) is 0 Å². The van der Waals surface area contributed by atoms with Crippen LogP contribution in [0.25, 0.3) is 0 Å². The smallest absolute Gasteiger partial charge is 0.195 e. The molecular weight excluding hydrogens is 471 g/mol. The quantitative estimate of drug-likeness (QED) is 0.240. The fourth-order valence-electron chi connectivity index (χ4n) is 3.31. The van der Waals surface area contributed by atoms with Crippen molar-refractivity contribution in [1.29, 1.82) is 0 Å². The van der Waals surface area contributed by atoms with Gasteiger partial charge in [-0.05, 0) is 44.9 Å². The number of fused-ring (bicyclic) bond motifs is 1.